The van der Waals surface area contributed by atoms with Crippen molar-refractivity contribution < 1.29 is 18.0 Å². The second kappa shape index (κ2) is 5.42. The Morgan fingerprint density at radius 3 is 2.28 bits per heavy atom. The van der Waals surface area contributed by atoms with E-state index in [0.717, 1.165) is 0 Å². The summed E-state index contributed by atoms with van der Waals surface area (Å²) in [6.07, 6.45) is 0. The highest BCUT2D eigenvalue weighted by atomic mass is 32.2. The third-order valence-electron chi connectivity index (χ3n) is 4.00. The summed E-state index contributed by atoms with van der Waals surface area (Å²) in [5, 5.41) is 3.22. The SMILES string of the molecule is O=C1NC(=O)c2cc(S(=O)(=O)Nc3ccccc3)cc3cccc1c23. The Morgan fingerprint density at radius 2 is 1.52 bits per heavy atom. The Labute approximate surface area is 143 Å². The molecule has 4 rings (SSSR count). The van der Waals surface area contributed by atoms with E-state index >= 15 is 0 Å². The molecule has 2 N–H and O–H groups in total. The number of hydrogen-bond acceptors (Lipinski definition) is 4. The molecular formula is C18H12N2O4S. The number of sulfonamides is 1. The van der Waals surface area contributed by atoms with E-state index in [9.17, 15) is 18.0 Å². The number of carbonyl (C=O) groups is 2. The van der Waals surface area contributed by atoms with Crippen molar-refractivity contribution in [2.24, 2.45) is 0 Å². The molecule has 0 aliphatic carbocycles. The minimum atomic E-state index is -3.88. The van der Waals surface area contributed by atoms with E-state index in [1.807, 2.05) is 0 Å². The van der Waals surface area contributed by atoms with Crippen LogP contribution in [0.15, 0.2) is 65.6 Å². The first-order valence-electron chi connectivity index (χ1n) is 7.46. The van der Waals surface area contributed by atoms with Crippen molar-refractivity contribution in [3.63, 3.8) is 0 Å². The molecule has 3 aromatic carbocycles. The van der Waals surface area contributed by atoms with Gasteiger partial charge in [-0.2, -0.15) is 0 Å². The Hall–Kier alpha value is -3.19. The van der Waals surface area contributed by atoms with E-state index in [-0.39, 0.29) is 10.5 Å². The Morgan fingerprint density at radius 1 is 0.800 bits per heavy atom. The first-order chi connectivity index (χ1) is 12.0. The van der Waals surface area contributed by atoms with Crippen LogP contribution in [0.25, 0.3) is 10.8 Å². The maximum Gasteiger partial charge on any atom is 0.261 e. The minimum Gasteiger partial charge on any atom is -0.288 e. The fourth-order valence-corrected chi connectivity index (χ4v) is 4.00. The maximum absolute atomic E-state index is 12.7. The van der Waals surface area contributed by atoms with Gasteiger partial charge >= 0.3 is 0 Å². The predicted octanol–water partition coefficient (Wildman–Crippen LogP) is 2.52. The van der Waals surface area contributed by atoms with Gasteiger partial charge in [0, 0.05) is 22.2 Å². The zero-order valence-corrected chi connectivity index (χ0v) is 13.6. The largest absolute Gasteiger partial charge is 0.288 e. The van der Waals surface area contributed by atoms with Crippen LogP contribution in [0.2, 0.25) is 0 Å². The van der Waals surface area contributed by atoms with Gasteiger partial charge in [0.1, 0.15) is 0 Å². The zero-order chi connectivity index (χ0) is 17.6. The van der Waals surface area contributed by atoms with Crippen LogP contribution in [0.4, 0.5) is 5.69 Å². The van der Waals surface area contributed by atoms with E-state index in [2.05, 4.69) is 10.0 Å². The lowest BCUT2D eigenvalue weighted by Gasteiger charge is -2.18. The van der Waals surface area contributed by atoms with Crippen LogP contribution in [0.5, 0.6) is 0 Å². The van der Waals surface area contributed by atoms with Crippen LogP contribution < -0.4 is 10.0 Å². The molecule has 0 bridgehead atoms. The van der Waals surface area contributed by atoms with Crippen molar-refractivity contribution in [2.45, 2.75) is 4.90 Å². The second-order valence-corrected chi connectivity index (χ2v) is 7.31. The highest BCUT2D eigenvalue weighted by Crippen LogP contribution is 2.30. The summed E-state index contributed by atoms with van der Waals surface area (Å²) in [6, 6.07) is 16.1. The molecule has 1 heterocycles. The lowest BCUT2D eigenvalue weighted by molar-refractivity contribution is 0.0845. The van der Waals surface area contributed by atoms with Crippen LogP contribution in [-0.2, 0) is 10.0 Å². The van der Waals surface area contributed by atoms with E-state index in [4.69, 9.17) is 0 Å². The van der Waals surface area contributed by atoms with Gasteiger partial charge in [-0.15, -0.1) is 0 Å². The van der Waals surface area contributed by atoms with Crippen LogP contribution in [0.3, 0.4) is 0 Å². The fourth-order valence-electron chi connectivity index (χ4n) is 2.88. The molecule has 0 aromatic heterocycles. The van der Waals surface area contributed by atoms with Crippen molar-refractivity contribution >= 4 is 38.3 Å². The van der Waals surface area contributed by atoms with Crippen molar-refractivity contribution in [1.29, 1.82) is 0 Å². The molecule has 0 fully saturated rings. The molecule has 1 aliphatic rings. The van der Waals surface area contributed by atoms with Gasteiger partial charge in [-0.05, 0) is 35.7 Å². The molecule has 124 valence electrons. The highest BCUT2D eigenvalue weighted by molar-refractivity contribution is 7.92. The molecule has 6 nitrogen and oxygen atoms in total. The Balaban J connectivity index is 1.90. The number of benzene rings is 3. The number of anilines is 1. The predicted molar refractivity (Wildman–Crippen MR) is 93.0 cm³/mol. The first-order valence-corrected chi connectivity index (χ1v) is 8.94. The molecule has 0 saturated heterocycles. The molecule has 0 saturated carbocycles. The summed E-state index contributed by atoms with van der Waals surface area (Å²) in [7, 11) is -3.88. The van der Waals surface area contributed by atoms with Gasteiger partial charge in [0.05, 0.1) is 4.90 Å². The first kappa shape index (κ1) is 15.3. The van der Waals surface area contributed by atoms with Crippen LogP contribution >= 0.6 is 0 Å². The van der Waals surface area contributed by atoms with Gasteiger partial charge in [-0.25, -0.2) is 8.42 Å². The van der Waals surface area contributed by atoms with Crippen LogP contribution in [0, 0.1) is 0 Å². The highest BCUT2D eigenvalue weighted by Gasteiger charge is 2.27. The average Bonchev–Trinajstić information content (AvgIpc) is 2.59. The molecular weight excluding hydrogens is 340 g/mol. The molecule has 2 amide bonds. The second-order valence-electron chi connectivity index (χ2n) is 5.63. The molecule has 0 spiro atoms. The van der Waals surface area contributed by atoms with E-state index in [0.29, 0.717) is 22.0 Å². The normalized spacial score (nSPS) is 13.6. The van der Waals surface area contributed by atoms with E-state index < -0.39 is 21.8 Å². The molecule has 1 aliphatic heterocycles. The monoisotopic (exact) mass is 352 g/mol. The molecule has 0 atom stereocenters. The number of carbonyl (C=O) groups excluding carboxylic acids is 2. The lowest BCUT2D eigenvalue weighted by atomic mass is 9.95. The molecule has 7 heteroatoms. The number of para-hydroxylation sites is 1. The standard InChI is InChI=1S/C18H12N2O4S/c21-17-14-8-4-5-11-9-13(10-15(16(11)14)18(22)19-17)25(23,24)20-12-6-2-1-3-7-12/h1-10,20H,(H,19,21,22). The quantitative estimate of drug-likeness (QED) is 0.709. The molecule has 0 unspecified atom stereocenters. The van der Waals surface area contributed by atoms with Gasteiger partial charge in [0.2, 0.25) is 0 Å². The summed E-state index contributed by atoms with van der Waals surface area (Å²) < 4.78 is 27.8. The summed E-state index contributed by atoms with van der Waals surface area (Å²) in [6.45, 7) is 0. The average molecular weight is 352 g/mol. The number of imide groups is 1. The molecule has 3 aromatic rings. The Kier molecular flexibility index (Phi) is 3.33. The van der Waals surface area contributed by atoms with Gasteiger partial charge in [-0.3, -0.25) is 19.6 Å². The van der Waals surface area contributed by atoms with Crippen molar-refractivity contribution in [2.75, 3.05) is 4.72 Å². The smallest absolute Gasteiger partial charge is 0.261 e. The van der Waals surface area contributed by atoms with Gasteiger partial charge < -0.3 is 0 Å². The number of rotatable bonds is 3. The number of hydrogen-bond donors (Lipinski definition) is 2. The Bertz CT molecular complexity index is 1140. The molecule has 0 radical (unpaired) electrons. The van der Waals surface area contributed by atoms with Gasteiger partial charge in [0.15, 0.2) is 0 Å². The third kappa shape index (κ3) is 2.54. The summed E-state index contributed by atoms with van der Waals surface area (Å²) >= 11 is 0. The van der Waals surface area contributed by atoms with Crippen LogP contribution in [-0.4, -0.2) is 20.2 Å². The minimum absolute atomic E-state index is 0.0412. The number of amides is 2. The number of nitrogens with one attached hydrogen (secondary N) is 2. The summed E-state index contributed by atoms with van der Waals surface area (Å²) in [4.78, 5) is 24.1. The van der Waals surface area contributed by atoms with E-state index in [1.165, 1.54) is 12.1 Å². The van der Waals surface area contributed by atoms with Gasteiger partial charge in [-0.1, -0.05) is 30.3 Å². The van der Waals surface area contributed by atoms with Crippen molar-refractivity contribution in [1.82, 2.24) is 5.32 Å². The van der Waals surface area contributed by atoms with Crippen LogP contribution in [0.1, 0.15) is 20.7 Å². The fraction of sp³-hybridized carbons (Fsp3) is 0. The lowest BCUT2D eigenvalue weighted by Crippen LogP contribution is -2.34. The van der Waals surface area contributed by atoms with Gasteiger partial charge in [0.25, 0.3) is 21.8 Å². The molecule has 25 heavy (non-hydrogen) atoms. The summed E-state index contributed by atoms with van der Waals surface area (Å²) in [5.74, 6) is -1.09. The summed E-state index contributed by atoms with van der Waals surface area (Å²) in [5.41, 5.74) is 0.942. The van der Waals surface area contributed by atoms with E-state index in [1.54, 1.807) is 48.5 Å². The zero-order valence-electron chi connectivity index (χ0n) is 12.8. The maximum atomic E-state index is 12.7. The topological polar surface area (TPSA) is 92.3 Å². The third-order valence-corrected chi connectivity index (χ3v) is 5.36. The van der Waals surface area contributed by atoms with Crippen molar-refractivity contribution in [3.8, 4) is 0 Å². The van der Waals surface area contributed by atoms with Crippen molar-refractivity contribution in [3.05, 3.63) is 71.8 Å².